The highest BCUT2D eigenvalue weighted by atomic mass is 16.6. The van der Waals surface area contributed by atoms with E-state index < -0.39 is 18.0 Å². The van der Waals surface area contributed by atoms with Crippen LogP contribution in [-0.4, -0.2) is 51.5 Å². The molecule has 0 amide bonds. The molecule has 6 heteroatoms. The van der Waals surface area contributed by atoms with Crippen LogP contribution in [0.1, 0.15) is 107 Å². The Kier molecular flexibility index (Phi) is 6.79. The second-order valence-electron chi connectivity index (χ2n) is 15.5. The van der Waals surface area contributed by atoms with Gasteiger partial charge in [-0.05, 0) is 87.4 Å². The van der Waals surface area contributed by atoms with Gasteiger partial charge in [-0.15, -0.1) is 0 Å². The number of carbonyl (C=O) groups excluding carboxylic acids is 1. The van der Waals surface area contributed by atoms with Gasteiger partial charge in [-0.25, -0.2) is 0 Å². The Morgan fingerprint density at radius 3 is 2.39 bits per heavy atom. The lowest BCUT2D eigenvalue weighted by atomic mass is 9.38. The molecule has 0 aromatic heterocycles. The number of hydrogen-bond donors (Lipinski definition) is 3. The summed E-state index contributed by atoms with van der Waals surface area (Å²) in [5, 5.41) is 33.4. The van der Waals surface area contributed by atoms with E-state index >= 15 is 0 Å². The Hall–Kier alpha value is -0.950. The quantitative estimate of drug-likeness (QED) is 0.332. The maximum atomic E-state index is 12.1. The van der Waals surface area contributed by atoms with Crippen molar-refractivity contribution in [2.75, 3.05) is 0 Å². The van der Waals surface area contributed by atoms with Crippen LogP contribution in [-0.2, 0) is 14.3 Å². The van der Waals surface area contributed by atoms with Gasteiger partial charge in [0.05, 0.1) is 17.8 Å². The van der Waals surface area contributed by atoms with Crippen molar-refractivity contribution in [1.29, 1.82) is 0 Å². The standard InChI is InChI=1S/C32H52O6/c1-18(33)37-26-12-13-30(6)23-10-9-22-20(21-15-19(38-27(21)35)17-28(2,3)36)11-14-31(22,7)32(23,8)25(34)16-24(30)29(26,4)5/h10,19-22,24-27,34-36H,9,11-17H2,1-8H3. The Bertz CT molecular complexity index is 981. The van der Waals surface area contributed by atoms with E-state index in [0.29, 0.717) is 24.7 Å². The Morgan fingerprint density at radius 1 is 1.08 bits per heavy atom. The SMILES string of the molecule is CC(=O)OC1CCC2(C)C3=CCC4C(C5CC(CC(C)(C)O)OC5O)CCC4(C)C3(C)C(O)CC2C1(C)C. The molecule has 1 aliphatic heterocycles. The zero-order valence-electron chi connectivity index (χ0n) is 24.9. The van der Waals surface area contributed by atoms with Crippen molar-refractivity contribution in [3.05, 3.63) is 11.6 Å². The number of hydrogen-bond acceptors (Lipinski definition) is 6. The van der Waals surface area contributed by atoms with Crippen molar-refractivity contribution in [3.8, 4) is 0 Å². The fourth-order valence-corrected chi connectivity index (χ4v) is 10.7. The molecule has 3 N–H and O–H groups in total. The summed E-state index contributed by atoms with van der Waals surface area (Å²) in [6, 6.07) is 0. The number of carbonyl (C=O) groups is 1. The van der Waals surface area contributed by atoms with Crippen LogP contribution in [0.3, 0.4) is 0 Å². The van der Waals surface area contributed by atoms with Crippen LogP contribution < -0.4 is 0 Å². The molecule has 216 valence electrons. The molecule has 0 aromatic rings. The summed E-state index contributed by atoms with van der Waals surface area (Å²) in [5.74, 6) is 0.785. The summed E-state index contributed by atoms with van der Waals surface area (Å²) in [6.07, 6.45) is 7.83. The Labute approximate surface area is 229 Å². The smallest absolute Gasteiger partial charge is 0.302 e. The van der Waals surface area contributed by atoms with Crippen LogP contribution in [0.15, 0.2) is 11.6 Å². The maximum absolute atomic E-state index is 12.1. The lowest BCUT2D eigenvalue weighted by Gasteiger charge is -2.68. The molecule has 11 atom stereocenters. The summed E-state index contributed by atoms with van der Waals surface area (Å²) in [6.45, 7) is 16.7. The molecular weight excluding hydrogens is 480 g/mol. The lowest BCUT2D eigenvalue weighted by molar-refractivity contribution is -0.190. The molecule has 3 saturated carbocycles. The molecule has 0 aromatic carbocycles. The highest BCUT2D eigenvalue weighted by Crippen LogP contribution is 2.74. The molecule has 6 nitrogen and oxygen atoms in total. The minimum absolute atomic E-state index is 0.0476. The van der Waals surface area contributed by atoms with Gasteiger partial charge >= 0.3 is 5.97 Å². The van der Waals surface area contributed by atoms with Crippen LogP contribution in [0, 0.1) is 45.3 Å². The van der Waals surface area contributed by atoms with Gasteiger partial charge in [0.25, 0.3) is 0 Å². The zero-order valence-corrected chi connectivity index (χ0v) is 24.9. The number of ether oxygens (including phenoxy) is 2. The number of esters is 1. The number of fused-ring (bicyclic) bond motifs is 5. The molecule has 5 aliphatic rings. The molecule has 4 fully saturated rings. The van der Waals surface area contributed by atoms with Crippen molar-refractivity contribution in [2.24, 2.45) is 45.3 Å². The second kappa shape index (κ2) is 9.03. The first-order chi connectivity index (χ1) is 17.4. The summed E-state index contributed by atoms with van der Waals surface area (Å²) in [7, 11) is 0. The monoisotopic (exact) mass is 532 g/mol. The Balaban J connectivity index is 1.45. The number of allylic oxidation sites excluding steroid dienone is 1. The van der Waals surface area contributed by atoms with E-state index in [4.69, 9.17) is 9.47 Å². The highest BCUT2D eigenvalue weighted by molar-refractivity contribution is 5.66. The normalized spacial score (nSPS) is 50.0. The Morgan fingerprint density at radius 2 is 1.76 bits per heavy atom. The van der Waals surface area contributed by atoms with Crippen molar-refractivity contribution in [2.45, 2.75) is 137 Å². The summed E-state index contributed by atoms with van der Waals surface area (Å²) in [4.78, 5) is 11.9. The fraction of sp³-hybridized carbons (Fsp3) is 0.906. The van der Waals surface area contributed by atoms with Crippen molar-refractivity contribution < 1.29 is 29.6 Å². The van der Waals surface area contributed by atoms with Gasteiger partial charge in [0.15, 0.2) is 6.29 Å². The van der Waals surface area contributed by atoms with Gasteiger partial charge in [0.1, 0.15) is 6.10 Å². The van der Waals surface area contributed by atoms with E-state index in [1.54, 1.807) is 13.8 Å². The largest absolute Gasteiger partial charge is 0.462 e. The molecular formula is C32H52O6. The third-order valence-corrected chi connectivity index (χ3v) is 12.6. The third kappa shape index (κ3) is 4.06. The second-order valence-corrected chi connectivity index (χ2v) is 15.5. The average molecular weight is 533 g/mol. The molecule has 11 unspecified atom stereocenters. The first kappa shape index (κ1) is 28.6. The molecule has 4 aliphatic carbocycles. The van der Waals surface area contributed by atoms with Crippen LogP contribution in [0.4, 0.5) is 0 Å². The van der Waals surface area contributed by atoms with Crippen LogP contribution in [0.5, 0.6) is 0 Å². The van der Waals surface area contributed by atoms with Gasteiger partial charge in [0, 0.05) is 30.1 Å². The average Bonchev–Trinajstić information content (AvgIpc) is 3.31. The molecule has 5 rings (SSSR count). The van der Waals surface area contributed by atoms with E-state index in [2.05, 4.69) is 40.7 Å². The molecule has 1 saturated heterocycles. The first-order valence-corrected chi connectivity index (χ1v) is 15.1. The molecule has 1 heterocycles. The number of rotatable bonds is 4. The fourth-order valence-electron chi connectivity index (χ4n) is 10.7. The number of aliphatic hydroxyl groups is 3. The number of aliphatic hydroxyl groups excluding tert-OH is 2. The van der Waals surface area contributed by atoms with Crippen molar-refractivity contribution in [1.82, 2.24) is 0 Å². The van der Waals surface area contributed by atoms with Gasteiger partial charge in [-0.2, -0.15) is 0 Å². The molecule has 0 radical (unpaired) electrons. The van der Waals surface area contributed by atoms with Crippen LogP contribution in [0.25, 0.3) is 0 Å². The zero-order chi connectivity index (χ0) is 28.1. The van der Waals surface area contributed by atoms with Gasteiger partial charge in [-0.3, -0.25) is 4.79 Å². The predicted octanol–water partition coefficient (Wildman–Crippen LogP) is 5.38. The van der Waals surface area contributed by atoms with Crippen LogP contribution >= 0.6 is 0 Å². The van der Waals surface area contributed by atoms with E-state index in [-0.39, 0.29) is 51.7 Å². The van der Waals surface area contributed by atoms with Gasteiger partial charge in [0.2, 0.25) is 0 Å². The third-order valence-electron chi connectivity index (χ3n) is 12.6. The minimum Gasteiger partial charge on any atom is -0.462 e. The van der Waals surface area contributed by atoms with E-state index in [1.807, 2.05) is 0 Å². The predicted molar refractivity (Wildman–Crippen MR) is 146 cm³/mol. The summed E-state index contributed by atoms with van der Waals surface area (Å²) >= 11 is 0. The molecule has 38 heavy (non-hydrogen) atoms. The van der Waals surface area contributed by atoms with E-state index in [9.17, 15) is 20.1 Å². The lowest BCUT2D eigenvalue weighted by Crippen LogP contribution is -2.64. The van der Waals surface area contributed by atoms with E-state index in [0.717, 1.165) is 38.5 Å². The van der Waals surface area contributed by atoms with Crippen molar-refractivity contribution >= 4 is 5.97 Å². The molecule has 0 spiro atoms. The summed E-state index contributed by atoms with van der Waals surface area (Å²) < 4.78 is 11.8. The van der Waals surface area contributed by atoms with Crippen molar-refractivity contribution in [3.63, 3.8) is 0 Å². The van der Waals surface area contributed by atoms with E-state index in [1.165, 1.54) is 12.5 Å². The summed E-state index contributed by atoms with van der Waals surface area (Å²) in [5.41, 5.74) is -0.0745. The van der Waals surface area contributed by atoms with Crippen LogP contribution in [0.2, 0.25) is 0 Å². The minimum atomic E-state index is -0.820. The highest BCUT2D eigenvalue weighted by Gasteiger charge is 2.69. The van der Waals surface area contributed by atoms with Gasteiger partial charge in [-0.1, -0.05) is 46.3 Å². The molecule has 0 bridgehead atoms. The maximum Gasteiger partial charge on any atom is 0.302 e. The topological polar surface area (TPSA) is 96.2 Å². The van der Waals surface area contributed by atoms with Gasteiger partial charge < -0.3 is 24.8 Å². The first-order valence-electron chi connectivity index (χ1n) is 15.1.